The summed E-state index contributed by atoms with van der Waals surface area (Å²) in [5.74, 6) is 1.05. The fourth-order valence-electron chi connectivity index (χ4n) is 2.82. The fourth-order valence-corrected chi connectivity index (χ4v) is 2.82. The summed E-state index contributed by atoms with van der Waals surface area (Å²) in [7, 11) is 0. The number of fused-ring (bicyclic) bond motifs is 2. The van der Waals surface area contributed by atoms with Gasteiger partial charge in [-0.25, -0.2) is 0 Å². The molecule has 0 radical (unpaired) electrons. The minimum atomic E-state index is 0.894. The second-order valence-electron chi connectivity index (χ2n) is 4.26. The maximum Gasteiger partial charge on any atom is 0.00728 e. The van der Waals surface area contributed by atoms with Gasteiger partial charge in [0.1, 0.15) is 0 Å². The van der Waals surface area contributed by atoms with Gasteiger partial charge in [-0.15, -0.1) is 0 Å². The molecule has 1 heteroatoms. The van der Waals surface area contributed by atoms with Crippen molar-refractivity contribution in [1.29, 1.82) is 0 Å². The molecule has 64 valence electrons. The van der Waals surface area contributed by atoms with E-state index in [1.54, 1.807) is 0 Å². The van der Waals surface area contributed by atoms with Crippen molar-refractivity contribution in [2.24, 2.45) is 5.92 Å². The predicted molar refractivity (Wildman–Crippen MR) is 47.6 cm³/mol. The second-order valence-corrected chi connectivity index (χ2v) is 4.26. The zero-order valence-electron chi connectivity index (χ0n) is 7.47. The van der Waals surface area contributed by atoms with E-state index in [9.17, 15) is 0 Å². The molecule has 0 saturated carbocycles. The Bertz CT molecular complexity index is 121. The molecule has 11 heavy (non-hydrogen) atoms. The van der Waals surface area contributed by atoms with Crippen LogP contribution in [0.2, 0.25) is 0 Å². The van der Waals surface area contributed by atoms with Crippen LogP contribution in [0.4, 0.5) is 0 Å². The lowest BCUT2D eigenvalue weighted by molar-refractivity contribution is 0.284. The van der Waals surface area contributed by atoms with E-state index in [-0.39, 0.29) is 0 Å². The Labute approximate surface area is 69.6 Å². The Morgan fingerprint density at radius 2 is 1.82 bits per heavy atom. The molecular weight excluding hydrogens is 134 g/mol. The van der Waals surface area contributed by atoms with Crippen LogP contribution in [-0.4, -0.2) is 12.1 Å². The van der Waals surface area contributed by atoms with Crippen LogP contribution in [0.3, 0.4) is 0 Å². The van der Waals surface area contributed by atoms with Gasteiger partial charge in [-0.1, -0.05) is 19.8 Å². The minimum Gasteiger partial charge on any atom is -0.311 e. The van der Waals surface area contributed by atoms with Gasteiger partial charge < -0.3 is 5.32 Å². The Hall–Kier alpha value is -0.0400. The molecule has 2 aliphatic heterocycles. The number of hydrogen-bond donors (Lipinski definition) is 1. The van der Waals surface area contributed by atoms with Gasteiger partial charge in [-0.3, -0.25) is 0 Å². The number of piperidine rings is 1. The lowest BCUT2D eigenvalue weighted by atomic mass is 9.89. The average molecular weight is 153 g/mol. The highest BCUT2D eigenvalue weighted by Gasteiger charge is 2.32. The molecule has 3 atom stereocenters. The highest BCUT2D eigenvalue weighted by atomic mass is 15.0. The van der Waals surface area contributed by atoms with Gasteiger partial charge in [0.2, 0.25) is 0 Å². The molecule has 2 aliphatic rings. The second kappa shape index (κ2) is 3.14. The summed E-state index contributed by atoms with van der Waals surface area (Å²) in [6, 6.07) is 1.79. The first-order valence-corrected chi connectivity index (χ1v) is 5.14. The van der Waals surface area contributed by atoms with Crippen LogP contribution in [0.15, 0.2) is 0 Å². The first kappa shape index (κ1) is 7.60. The first-order valence-electron chi connectivity index (χ1n) is 5.14. The summed E-state index contributed by atoms with van der Waals surface area (Å²) in [4.78, 5) is 0. The molecule has 1 nitrogen and oxygen atoms in total. The Morgan fingerprint density at radius 1 is 1.18 bits per heavy atom. The van der Waals surface area contributed by atoms with Gasteiger partial charge in [-0.05, 0) is 31.6 Å². The molecule has 0 aromatic carbocycles. The van der Waals surface area contributed by atoms with Crippen LogP contribution in [0.25, 0.3) is 0 Å². The third-order valence-corrected chi connectivity index (χ3v) is 3.27. The average Bonchev–Trinajstić information content (AvgIpc) is 2.32. The van der Waals surface area contributed by atoms with Gasteiger partial charge in [0.15, 0.2) is 0 Å². The molecular formula is C10H19N. The van der Waals surface area contributed by atoms with Crippen LogP contribution in [-0.2, 0) is 0 Å². The van der Waals surface area contributed by atoms with Crippen molar-refractivity contribution in [3.63, 3.8) is 0 Å². The fraction of sp³-hybridized carbons (Fsp3) is 1.00. The predicted octanol–water partition coefficient (Wildman–Crippen LogP) is 2.32. The zero-order chi connectivity index (χ0) is 7.68. The SMILES string of the molecule is CCC[C@@H]1C[C@H]2CC[C@@H](C1)N2. The molecule has 2 bridgehead atoms. The third-order valence-electron chi connectivity index (χ3n) is 3.27. The Balaban J connectivity index is 1.87. The van der Waals surface area contributed by atoms with Crippen LogP contribution in [0.5, 0.6) is 0 Å². The highest BCUT2D eigenvalue weighted by Crippen LogP contribution is 2.32. The number of nitrogens with one attached hydrogen (secondary N) is 1. The molecule has 2 rings (SSSR count). The van der Waals surface area contributed by atoms with Crippen molar-refractivity contribution >= 4 is 0 Å². The van der Waals surface area contributed by atoms with Crippen molar-refractivity contribution in [1.82, 2.24) is 5.32 Å². The molecule has 0 unspecified atom stereocenters. The van der Waals surface area contributed by atoms with Gasteiger partial charge in [0.25, 0.3) is 0 Å². The lowest BCUT2D eigenvalue weighted by Crippen LogP contribution is -2.37. The van der Waals surface area contributed by atoms with Crippen LogP contribution in [0.1, 0.15) is 45.4 Å². The number of hydrogen-bond acceptors (Lipinski definition) is 1. The van der Waals surface area contributed by atoms with Crippen molar-refractivity contribution < 1.29 is 0 Å². The number of rotatable bonds is 2. The van der Waals surface area contributed by atoms with Crippen molar-refractivity contribution in [2.45, 2.75) is 57.5 Å². The smallest absolute Gasteiger partial charge is 0.00728 e. The van der Waals surface area contributed by atoms with E-state index in [0.717, 1.165) is 18.0 Å². The summed E-state index contributed by atoms with van der Waals surface area (Å²) < 4.78 is 0. The standard InChI is InChI=1S/C10H19N/c1-2-3-8-6-9-4-5-10(7-8)11-9/h8-11H,2-7H2,1H3/t8-,9-,10+. The van der Waals surface area contributed by atoms with Crippen LogP contribution in [0, 0.1) is 5.92 Å². The normalized spacial score (nSPS) is 42.8. The summed E-state index contributed by atoms with van der Waals surface area (Å²) in [5.41, 5.74) is 0. The van der Waals surface area contributed by atoms with Gasteiger partial charge in [-0.2, -0.15) is 0 Å². The minimum absolute atomic E-state index is 0.894. The van der Waals surface area contributed by atoms with Crippen LogP contribution >= 0.6 is 0 Å². The molecule has 2 heterocycles. The Morgan fingerprint density at radius 3 is 2.36 bits per heavy atom. The Kier molecular flexibility index (Phi) is 2.17. The monoisotopic (exact) mass is 153 g/mol. The van der Waals surface area contributed by atoms with Gasteiger partial charge >= 0.3 is 0 Å². The van der Waals surface area contributed by atoms with Gasteiger partial charge in [0, 0.05) is 12.1 Å². The van der Waals surface area contributed by atoms with E-state index in [2.05, 4.69) is 12.2 Å². The first-order chi connectivity index (χ1) is 5.38. The maximum atomic E-state index is 3.68. The lowest BCUT2D eigenvalue weighted by Gasteiger charge is -2.28. The maximum absolute atomic E-state index is 3.68. The largest absolute Gasteiger partial charge is 0.311 e. The molecule has 0 aliphatic carbocycles. The van der Waals surface area contributed by atoms with E-state index in [4.69, 9.17) is 0 Å². The topological polar surface area (TPSA) is 12.0 Å². The van der Waals surface area contributed by atoms with E-state index >= 15 is 0 Å². The molecule has 0 aromatic rings. The summed E-state index contributed by atoms with van der Waals surface area (Å²) >= 11 is 0. The molecule has 2 saturated heterocycles. The quantitative estimate of drug-likeness (QED) is 0.642. The molecule has 0 spiro atoms. The third kappa shape index (κ3) is 1.58. The van der Waals surface area contributed by atoms with E-state index in [0.29, 0.717) is 0 Å². The summed E-state index contributed by atoms with van der Waals surface area (Å²) in [6.07, 6.45) is 8.67. The van der Waals surface area contributed by atoms with Crippen LogP contribution < -0.4 is 5.32 Å². The van der Waals surface area contributed by atoms with E-state index in [1.165, 1.54) is 38.5 Å². The summed E-state index contributed by atoms with van der Waals surface area (Å²) in [5, 5.41) is 3.68. The van der Waals surface area contributed by atoms with Gasteiger partial charge in [0.05, 0.1) is 0 Å². The highest BCUT2D eigenvalue weighted by molar-refractivity contribution is 4.91. The van der Waals surface area contributed by atoms with Crippen molar-refractivity contribution in [3.8, 4) is 0 Å². The van der Waals surface area contributed by atoms with E-state index < -0.39 is 0 Å². The molecule has 0 amide bonds. The molecule has 0 aromatic heterocycles. The van der Waals surface area contributed by atoms with Crippen molar-refractivity contribution in [3.05, 3.63) is 0 Å². The molecule has 2 fully saturated rings. The van der Waals surface area contributed by atoms with Crippen molar-refractivity contribution in [2.75, 3.05) is 0 Å². The summed E-state index contributed by atoms with van der Waals surface area (Å²) in [6.45, 7) is 2.31. The zero-order valence-corrected chi connectivity index (χ0v) is 7.47. The van der Waals surface area contributed by atoms with E-state index in [1.807, 2.05) is 0 Å². The molecule has 1 N–H and O–H groups in total.